The van der Waals surface area contributed by atoms with Gasteiger partial charge in [0.15, 0.2) is 5.16 Å². The molecule has 1 aromatic heterocycles. The highest BCUT2D eigenvalue weighted by atomic mass is 32.2. The Morgan fingerprint density at radius 3 is 2.61 bits per heavy atom. The van der Waals surface area contributed by atoms with E-state index in [0.29, 0.717) is 47.3 Å². The van der Waals surface area contributed by atoms with Crippen molar-refractivity contribution in [1.82, 2.24) is 14.8 Å². The van der Waals surface area contributed by atoms with E-state index < -0.39 is 11.0 Å². The molecular formula is C21H27F2N5O3S2. The zero-order chi connectivity index (χ0) is 23.2. The molecule has 3 heterocycles. The van der Waals surface area contributed by atoms with Crippen LogP contribution in [0.1, 0.15) is 19.8 Å². The van der Waals surface area contributed by atoms with Gasteiger partial charge in [0.25, 0.3) is 5.76 Å². The van der Waals surface area contributed by atoms with E-state index >= 15 is 0 Å². The van der Waals surface area contributed by atoms with Crippen LogP contribution in [0.15, 0.2) is 34.3 Å². The number of benzene rings is 1. The molecule has 0 spiro atoms. The quantitative estimate of drug-likeness (QED) is 0.523. The van der Waals surface area contributed by atoms with E-state index in [1.54, 1.807) is 31.2 Å². The molecular weight excluding hydrogens is 472 g/mol. The second-order valence-electron chi connectivity index (χ2n) is 7.78. The molecule has 1 amide bonds. The van der Waals surface area contributed by atoms with E-state index in [0.717, 1.165) is 38.5 Å². The van der Waals surface area contributed by atoms with Gasteiger partial charge in [-0.3, -0.25) is 9.36 Å². The molecule has 4 rings (SSSR count). The fourth-order valence-corrected chi connectivity index (χ4v) is 5.04. The highest BCUT2D eigenvalue weighted by Crippen LogP contribution is 2.30. The molecule has 0 saturated carbocycles. The van der Waals surface area contributed by atoms with E-state index in [1.165, 1.54) is 11.8 Å². The Labute approximate surface area is 199 Å². The molecule has 0 bridgehead atoms. The van der Waals surface area contributed by atoms with Crippen molar-refractivity contribution in [2.75, 3.05) is 43.1 Å². The Balaban J connectivity index is 1.43. The fourth-order valence-electron chi connectivity index (χ4n) is 3.69. The van der Waals surface area contributed by atoms with Gasteiger partial charge in [-0.05, 0) is 44.0 Å². The SMILES string of the molecule is CC(Sc1nnc(N2CCOCC2)n1CC1CCCO1)C(=O)Nc1ccc(SC(F)F)cc1. The molecule has 2 saturated heterocycles. The molecule has 33 heavy (non-hydrogen) atoms. The molecule has 2 fully saturated rings. The first-order chi connectivity index (χ1) is 16.0. The van der Waals surface area contributed by atoms with Crippen molar-refractivity contribution in [2.45, 2.75) is 53.5 Å². The number of nitrogens with zero attached hydrogens (tertiary/aromatic N) is 4. The normalized spacial score (nSPS) is 19.8. The number of rotatable bonds is 9. The fraction of sp³-hybridized carbons (Fsp3) is 0.571. The molecule has 2 aromatic rings. The summed E-state index contributed by atoms with van der Waals surface area (Å²) in [6, 6.07) is 6.38. The Bertz CT molecular complexity index is 919. The lowest BCUT2D eigenvalue weighted by molar-refractivity contribution is -0.115. The first-order valence-electron chi connectivity index (χ1n) is 10.9. The van der Waals surface area contributed by atoms with Crippen molar-refractivity contribution in [3.63, 3.8) is 0 Å². The Kier molecular flexibility index (Phi) is 8.45. The number of carbonyl (C=O) groups is 1. The summed E-state index contributed by atoms with van der Waals surface area (Å²) in [4.78, 5) is 15.4. The molecule has 180 valence electrons. The van der Waals surface area contributed by atoms with Gasteiger partial charge in [0.1, 0.15) is 0 Å². The molecule has 0 aliphatic carbocycles. The number of hydrogen-bond donors (Lipinski definition) is 1. The molecule has 1 aromatic carbocycles. The predicted octanol–water partition coefficient (Wildman–Crippen LogP) is 3.73. The maximum Gasteiger partial charge on any atom is 0.288 e. The summed E-state index contributed by atoms with van der Waals surface area (Å²) in [7, 11) is 0. The number of ether oxygens (including phenoxy) is 2. The molecule has 1 N–H and O–H groups in total. The third-order valence-electron chi connectivity index (χ3n) is 5.40. The monoisotopic (exact) mass is 499 g/mol. The number of nitrogens with one attached hydrogen (secondary N) is 1. The molecule has 2 aliphatic heterocycles. The summed E-state index contributed by atoms with van der Waals surface area (Å²) in [5, 5.41) is 11.9. The lowest BCUT2D eigenvalue weighted by atomic mass is 10.2. The second kappa shape index (κ2) is 11.5. The van der Waals surface area contributed by atoms with Gasteiger partial charge in [0.05, 0.1) is 31.1 Å². The lowest BCUT2D eigenvalue weighted by Gasteiger charge is -2.28. The minimum Gasteiger partial charge on any atom is -0.378 e. The van der Waals surface area contributed by atoms with Crippen LogP contribution in [0.4, 0.5) is 20.4 Å². The molecule has 0 radical (unpaired) electrons. The van der Waals surface area contributed by atoms with Crippen LogP contribution in [0.25, 0.3) is 0 Å². The maximum absolute atomic E-state index is 12.8. The molecule has 2 aliphatic rings. The van der Waals surface area contributed by atoms with Crippen LogP contribution in [0.5, 0.6) is 0 Å². The van der Waals surface area contributed by atoms with Gasteiger partial charge in [-0.2, -0.15) is 8.78 Å². The van der Waals surface area contributed by atoms with Gasteiger partial charge in [-0.25, -0.2) is 0 Å². The zero-order valence-electron chi connectivity index (χ0n) is 18.3. The zero-order valence-corrected chi connectivity index (χ0v) is 19.9. The van der Waals surface area contributed by atoms with Crippen LogP contribution in [0.3, 0.4) is 0 Å². The average molecular weight is 500 g/mol. The predicted molar refractivity (Wildman–Crippen MR) is 124 cm³/mol. The first-order valence-corrected chi connectivity index (χ1v) is 12.7. The van der Waals surface area contributed by atoms with Crippen molar-refractivity contribution in [3.8, 4) is 0 Å². The second-order valence-corrected chi connectivity index (χ2v) is 10.2. The highest BCUT2D eigenvalue weighted by Gasteiger charge is 2.27. The van der Waals surface area contributed by atoms with Crippen LogP contribution >= 0.6 is 23.5 Å². The number of hydrogen-bond acceptors (Lipinski definition) is 8. The van der Waals surface area contributed by atoms with E-state index in [9.17, 15) is 13.6 Å². The van der Waals surface area contributed by atoms with Gasteiger partial charge in [0, 0.05) is 30.3 Å². The minimum absolute atomic E-state index is 0.105. The summed E-state index contributed by atoms with van der Waals surface area (Å²) >= 11 is 1.81. The van der Waals surface area contributed by atoms with Crippen LogP contribution in [-0.4, -0.2) is 70.7 Å². The summed E-state index contributed by atoms with van der Waals surface area (Å²) in [6.45, 7) is 5.97. The number of carbonyl (C=O) groups excluding carboxylic acids is 1. The molecule has 12 heteroatoms. The summed E-state index contributed by atoms with van der Waals surface area (Å²) in [6.07, 6.45) is 2.13. The number of halogens is 2. The highest BCUT2D eigenvalue weighted by molar-refractivity contribution is 8.00. The topological polar surface area (TPSA) is 81.5 Å². The maximum atomic E-state index is 12.8. The Morgan fingerprint density at radius 2 is 1.94 bits per heavy atom. The van der Waals surface area contributed by atoms with Crippen LogP contribution < -0.4 is 10.2 Å². The number of anilines is 2. The number of amides is 1. The number of alkyl halides is 2. The van der Waals surface area contributed by atoms with Crippen LogP contribution in [0, 0.1) is 0 Å². The minimum atomic E-state index is -2.48. The van der Waals surface area contributed by atoms with Crippen molar-refractivity contribution in [3.05, 3.63) is 24.3 Å². The lowest BCUT2D eigenvalue weighted by Crippen LogP contribution is -2.38. The summed E-state index contributed by atoms with van der Waals surface area (Å²) < 4.78 is 38.3. The third kappa shape index (κ3) is 6.58. The number of morpholine rings is 1. The van der Waals surface area contributed by atoms with Gasteiger partial charge in [-0.1, -0.05) is 23.5 Å². The largest absolute Gasteiger partial charge is 0.378 e. The van der Waals surface area contributed by atoms with E-state index in [1.807, 2.05) is 4.57 Å². The first kappa shape index (κ1) is 24.2. The van der Waals surface area contributed by atoms with Crippen molar-refractivity contribution >= 4 is 41.1 Å². The van der Waals surface area contributed by atoms with Crippen molar-refractivity contribution in [2.24, 2.45) is 0 Å². The number of aromatic nitrogens is 3. The van der Waals surface area contributed by atoms with Gasteiger partial charge in [0.2, 0.25) is 11.9 Å². The number of thioether (sulfide) groups is 2. The van der Waals surface area contributed by atoms with E-state index in [-0.39, 0.29) is 12.0 Å². The molecule has 2 unspecified atom stereocenters. The Hall–Kier alpha value is -1.89. The average Bonchev–Trinajstić information content (AvgIpc) is 3.46. The summed E-state index contributed by atoms with van der Waals surface area (Å²) in [5.41, 5.74) is 0.556. The van der Waals surface area contributed by atoms with E-state index in [2.05, 4.69) is 20.4 Å². The Morgan fingerprint density at radius 1 is 1.18 bits per heavy atom. The van der Waals surface area contributed by atoms with Crippen molar-refractivity contribution < 1.29 is 23.0 Å². The van der Waals surface area contributed by atoms with E-state index in [4.69, 9.17) is 9.47 Å². The van der Waals surface area contributed by atoms with Gasteiger partial charge >= 0.3 is 0 Å². The summed E-state index contributed by atoms with van der Waals surface area (Å²) in [5.74, 6) is -1.90. The van der Waals surface area contributed by atoms with Crippen LogP contribution in [0.2, 0.25) is 0 Å². The van der Waals surface area contributed by atoms with Crippen molar-refractivity contribution in [1.29, 1.82) is 0 Å². The molecule has 2 atom stereocenters. The standard InChI is InChI=1S/C21H27F2N5O3S2/c1-14(18(29)24-15-4-6-17(7-5-15)33-19(22)23)32-21-26-25-20(27-8-11-30-12-9-27)28(21)13-16-3-2-10-31-16/h4-7,14,16,19H,2-3,8-13H2,1H3,(H,24,29). The van der Waals surface area contributed by atoms with Gasteiger partial charge < -0.3 is 19.7 Å². The third-order valence-corrected chi connectivity index (χ3v) is 7.20. The smallest absolute Gasteiger partial charge is 0.288 e. The van der Waals surface area contributed by atoms with Crippen LogP contribution in [-0.2, 0) is 20.8 Å². The molecule has 8 nitrogen and oxygen atoms in total. The van der Waals surface area contributed by atoms with Gasteiger partial charge in [-0.15, -0.1) is 10.2 Å².